The first-order chi connectivity index (χ1) is 15.6. The Labute approximate surface area is 196 Å². The quantitative estimate of drug-likeness (QED) is 0.508. The van der Waals surface area contributed by atoms with Gasteiger partial charge in [0.15, 0.2) is 0 Å². The van der Waals surface area contributed by atoms with Crippen LogP contribution in [0.2, 0.25) is 0 Å². The second-order valence-electron chi connectivity index (χ2n) is 9.95. The van der Waals surface area contributed by atoms with Crippen molar-refractivity contribution in [2.24, 2.45) is 29.1 Å². The molecule has 3 saturated carbocycles. The van der Waals surface area contributed by atoms with Crippen molar-refractivity contribution in [1.82, 2.24) is 0 Å². The molecule has 2 bridgehead atoms. The zero-order valence-corrected chi connectivity index (χ0v) is 20.6. The van der Waals surface area contributed by atoms with E-state index in [0.717, 1.165) is 36.8 Å². The van der Waals surface area contributed by atoms with E-state index in [-0.39, 0.29) is 40.3 Å². The molecule has 5 rings (SSSR count). The first-order valence-electron chi connectivity index (χ1n) is 11.5. The van der Waals surface area contributed by atoms with Gasteiger partial charge in [-0.25, -0.2) is 0 Å². The molecule has 0 heterocycles. The van der Waals surface area contributed by atoms with E-state index in [0.29, 0.717) is 11.8 Å². The topological polar surface area (TPSA) is 86.7 Å². The van der Waals surface area contributed by atoms with E-state index < -0.39 is 20.2 Å². The number of benzene rings is 2. The van der Waals surface area contributed by atoms with E-state index in [1.54, 1.807) is 48.5 Å². The zero-order chi connectivity index (χ0) is 23.4. The van der Waals surface area contributed by atoms with Gasteiger partial charge >= 0.3 is 0 Å². The van der Waals surface area contributed by atoms with Crippen molar-refractivity contribution in [2.75, 3.05) is 13.2 Å². The van der Waals surface area contributed by atoms with Crippen LogP contribution >= 0.6 is 0 Å². The third-order valence-electron chi connectivity index (χ3n) is 8.13. The van der Waals surface area contributed by atoms with Crippen molar-refractivity contribution < 1.29 is 25.2 Å². The largest absolute Gasteiger partial charge is 0.296 e. The molecule has 3 fully saturated rings. The van der Waals surface area contributed by atoms with Gasteiger partial charge in [-0.3, -0.25) is 8.37 Å². The van der Waals surface area contributed by atoms with Crippen molar-refractivity contribution >= 4 is 20.2 Å². The van der Waals surface area contributed by atoms with Crippen LogP contribution in [0.4, 0.5) is 0 Å². The molecular weight excluding hydrogens is 460 g/mol. The minimum atomic E-state index is -3.87. The van der Waals surface area contributed by atoms with Gasteiger partial charge in [0.2, 0.25) is 0 Å². The Morgan fingerprint density at radius 3 is 1.39 bits per heavy atom. The first-order valence-corrected chi connectivity index (χ1v) is 14.4. The molecular formula is C25H30O6S2. The lowest BCUT2D eigenvalue weighted by Crippen LogP contribution is -2.31. The van der Waals surface area contributed by atoms with E-state index >= 15 is 0 Å². The van der Waals surface area contributed by atoms with Crippen molar-refractivity contribution in [2.45, 2.75) is 49.3 Å². The summed E-state index contributed by atoms with van der Waals surface area (Å²) >= 11 is 0. The van der Waals surface area contributed by atoms with Gasteiger partial charge in [0.05, 0.1) is 23.0 Å². The molecule has 33 heavy (non-hydrogen) atoms. The Morgan fingerprint density at radius 1 is 0.697 bits per heavy atom. The Balaban J connectivity index is 1.32. The van der Waals surface area contributed by atoms with Gasteiger partial charge in [0.1, 0.15) is 0 Å². The van der Waals surface area contributed by atoms with Crippen LogP contribution in [0.5, 0.6) is 0 Å². The van der Waals surface area contributed by atoms with Crippen LogP contribution in [0.15, 0.2) is 58.3 Å². The number of hydrogen-bond acceptors (Lipinski definition) is 6. The summed E-state index contributed by atoms with van der Waals surface area (Å²) in [5.41, 5.74) is 2.18. The molecule has 2 aromatic carbocycles. The summed E-state index contributed by atoms with van der Waals surface area (Å²) in [6.45, 7) is 3.93. The fraction of sp³-hybridized carbons (Fsp3) is 0.520. The molecule has 0 aliphatic heterocycles. The van der Waals surface area contributed by atoms with Gasteiger partial charge in [-0.1, -0.05) is 35.4 Å². The maximum atomic E-state index is 12.8. The molecule has 3 aliphatic carbocycles. The van der Waals surface area contributed by atoms with Gasteiger partial charge in [0.25, 0.3) is 20.2 Å². The molecule has 1 spiro atoms. The van der Waals surface area contributed by atoms with Crippen LogP contribution in [0, 0.1) is 42.9 Å². The summed E-state index contributed by atoms with van der Waals surface area (Å²) in [4.78, 5) is 0.291. The SMILES string of the molecule is Cc1ccc(S(=O)(=O)OCC2C(COS(=O)(=O)c3ccc(C)cc3)C3CCC2C32CC2)cc1. The van der Waals surface area contributed by atoms with Crippen LogP contribution in [0.1, 0.15) is 36.8 Å². The predicted octanol–water partition coefficient (Wildman–Crippen LogP) is 4.47. The molecule has 178 valence electrons. The fourth-order valence-electron chi connectivity index (χ4n) is 6.33. The highest BCUT2D eigenvalue weighted by atomic mass is 32.2. The van der Waals surface area contributed by atoms with Crippen molar-refractivity contribution in [3.8, 4) is 0 Å². The predicted molar refractivity (Wildman–Crippen MR) is 123 cm³/mol. The summed E-state index contributed by atoms with van der Waals surface area (Å²) in [5.74, 6) is 0.678. The maximum Gasteiger partial charge on any atom is 0.296 e. The van der Waals surface area contributed by atoms with E-state index in [1.807, 2.05) is 13.8 Å². The molecule has 4 unspecified atom stereocenters. The molecule has 2 aromatic rings. The Morgan fingerprint density at radius 2 is 1.06 bits per heavy atom. The summed E-state index contributed by atoms with van der Waals surface area (Å²) in [7, 11) is -7.74. The standard InChI is InChI=1S/C25H30O6S2/c1-17-3-7-19(8-4-17)32(26,27)30-15-21-22(24-12-11-23(21)25(24)13-14-25)16-31-33(28,29)20-9-5-18(2)6-10-20/h3-10,21-24H,11-16H2,1-2H3. The average Bonchev–Trinajstić information content (AvgIpc) is 3.44. The van der Waals surface area contributed by atoms with Crippen LogP contribution in [-0.4, -0.2) is 30.0 Å². The van der Waals surface area contributed by atoms with E-state index in [9.17, 15) is 16.8 Å². The summed E-state index contributed by atoms with van der Waals surface area (Å²) in [6, 6.07) is 13.2. The molecule has 0 radical (unpaired) electrons. The van der Waals surface area contributed by atoms with Gasteiger partial charge in [-0.05, 0) is 92.9 Å². The Kier molecular flexibility index (Phi) is 5.71. The van der Waals surface area contributed by atoms with Gasteiger partial charge in [0, 0.05) is 0 Å². The lowest BCUT2D eigenvalue weighted by molar-refractivity contribution is 0.101. The van der Waals surface area contributed by atoms with Gasteiger partial charge in [-0.2, -0.15) is 16.8 Å². The van der Waals surface area contributed by atoms with E-state index in [1.165, 1.54) is 0 Å². The third-order valence-corrected chi connectivity index (χ3v) is 10.7. The smallest absolute Gasteiger partial charge is 0.266 e. The first kappa shape index (κ1) is 23.0. The average molecular weight is 491 g/mol. The van der Waals surface area contributed by atoms with Crippen molar-refractivity contribution in [3.63, 3.8) is 0 Å². The molecule has 0 aromatic heterocycles. The normalized spacial score (nSPS) is 27.8. The second kappa shape index (κ2) is 8.18. The van der Waals surface area contributed by atoms with Crippen LogP contribution < -0.4 is 0 Å². The Hall–Kier alpha value is -1.74. The van der Waals surface area contributed by atoms with E-state index in [4.69, 9.17) is 8.37 Å². The molecule has 0 saturated heterocycles. The lowest BCUT2D eigenvalue weighted by atomic mass is 9.80. The van der Waals surface area contributed by atoms with Crippen LogP contribution in [-0.2, 0) is 28.6 Å². The molecule has 6 nitrogen and oxygen atoms in total. The highest BCUT2D eigenvalue weighted by Crippen LogP contribution is 2.74. The molecule has 3 aliphatic rings. The number of hydrogen-bond donors (Lipinski definition) is 0. The van der Waals surface area contributed by atoms with Crippen LogP contribution in [0.3, 0.4) is 0 Å². The van der Waals surface area contributed by atoms with Gasteiger partial charge in [-0.15, -0.1) is 0 Å². The lowest BCUT2D eigenvalue weighted by Gasteiger charge is -2.30. The number of rotatable bonds is 8. The molecule has 4 atom stereocenters. The maximum absolute atomic E-state index is 12.8. The highest BCUT2D eigenvalue weighted by molar-refractivity contribution is 7.87. The molecule has 8 heteroatoms. The van der Waals surface area contributed by atoms with E-state index in [2.05, 4.69) is 0 Å². The molecule has 0 N–H and O–H groups in total. The monoisotopic (exact) mass is 490 g/mol. The number of aryl methyl sites for hydroxylation is 2. The minimum absolute atomic E-state index is 0.0281. The molecule has 0 amide bonds. The summed E-state index contributed by atoms with van der Waals surface area (Å²) in [6.07, 6.45) is 4.35. The van der Waals surface area contributed by atoms with Crippen LogP contribution in [0.25, 0.3) is 0 Å². The minimum Gasteiger partial charge on any atom is -0.266 e. The fourth-order valence-corrected chi connectivity index (χ4v) is 8.22. The Bertz CT molecular complexity index is 1130. The third kappa shape index (κ3) is 4.16. The summed E-state index contributed by atoms with van der Waals surface area (Å²) < 4.78 is 62.2. The zero-order valence-electron chi connectivity index (χ0n) is 18.9. The summed E-state index contributed by atoms with van der Waals surface area (Å²) in [5, 5.41) is 0. The van der Waals surface area contributed by atoms with Gasteiger partial charge < -0.3 is 0 Å². The highest BCUT2D eigenvalue weighted by Gasteiger charge is 2.68. The van der Waals surface area contributed by atoms with Crippen molar-refractivity contribution in [1.29, 1.82) is 0 Å². The van der Waals surface area contributed by atoms with Crippen molar-refractivity contribution in [3.05, 3.63) is 59.7 Å². The second-order valence-corrected chi connectivity index (χ2v) is 13.2.